The zero-order valence-corrected chi connectivity index (χ0v) is 13.5. The van der Waals surface area contributed by atoms with E-state index in [0.29, 0.717) is 21.4 Å². The van der Waals surface area contributed by atoms with E-state index in [4.69, 9.17) is 0 Å². The van der Waals surface area contributed by atoms with Gasteiger partial charge >= 0.3 is 0 Å². The van der Waals surface area contributed by atoms with Crippen molar-refractivity contribution in [3.8, 4) is 0 Å². The molecule has 7 nitrogen and oxygen atoms in total. The predicted octanol–water partition coefficient (Wildman–Crippen LogP) is 2.02. The highest BCUT2D eigenvalue weighted by Crippen LogP contribution is 2.24. The van der Waals surface area contributed by atoms with E-state index in [9.17, 15) is 4.79 Å². The Morgan fingerprint density at radius 2 is 2.24 bits per heavy atom. The number of hydrogen-bond donors (Lipinski definition) is 1. The molecule has 9 heteroatoms. The number of hydrogen-bond acceptors (Lipinski definition) is 7. The molecule has 0 atom stereocenters. The molecule has 0 amide bonds. The number of tetrazole rings is 1. The molecule has 1 N–H and O–H groups in total. The topological polar surface area (TPSA) is 89.3 Å². The van der Waals surface area contributed by atoms with Gasteiger partial charge in [0.15, 0.2) is 0 Å². The molecule has 0 fully saturated rings. The van der Waals surface area contributed by atoms with Crippen LogP contribution in [0.5, 0.6) is 0 Å². The van der Waals surface area contributed by atoms with E-state index in [-0.39, 0.29) is 11.1 Å². The predicted molar refractivity (Wildman–Crippen MR) is 82.6 cm³/mol. The Kier molecular flexibility index (Phi) is 3.54. The number of H-pyrrole nitrogens is 1. The number of aromatic amines is 1. The summed E-state index contributed by atoms with van der Waals surface area (Å²) in [6.07, 6.45) is 0. The van der Waals surface area contributed by atoms with Crippen molar-refractivity contribution in [2.75, 3.05) is 0 Å². The average molecular weight is 322 g/mol. The number of thioether (sulfide) groups is 1. The number of thiophene rings is 1. The van der Waals surface area contributed by atoms with Crippen LogP contribution in [0.2, 0.25) is 0 Å². The Morgan fingerprint density at radius 3 is 3.00 bits per heavy atom. The highest BCUT2D eigenvalue weighted by atomic mass is 32.2. The van der Waals surface area contributed by atoms with E-state index in [0.717, 1.165) is 5.52 Å². The van der Waals surface area contributed by atoms with Gasteiger partial charge in [-0.05, 0) is 42.6 Å². The van der Waals surface area contributed by atoms with Crippen molar-refractivity contribution in [1.82, 2.24) is 30.2 Å². The molecule has 21 heavy (non-hydrogen) atoms. The summed E-state index contributed by atoms with van der Waals surface area (Å²) in [5.41, 5.74) is 0.444. The first-order valence-electron chi connectivity index (χ1n) is 6.33. The van der Waals surface area contributed by atoms with Gasteiger partial charge in [-0.2, -0.15) is 0 Å². The second-order valence-corrected chi connectivity index (χ2v) is 7.34. The van der Waals surface area contributed by atoms with Gasteiger partial charge in [-0.3, -0.25) is 4.79 Å². The van der Waals surface area contributed by atoms with Crippen molar-refractivity contribution < 1.29 is 0 Å². The van der Waals surface area contributed by atoms with Crippen LogP contribution in [0, 0.1) is 0 Å². The SMILES string of the molecule is CC(C)(C)n1nnnc1SCc1nc2ccsc2c(=O)[nH]1. The van der Waals surface area contributed by atoms with Crippen LogP contribution in [0.1, 0.15) is 26.6 Å². The maximum absolute atomic E-state index is 11.9. The van der Waals surface area contributed by atoms with E-state index in [1.54, 1.807) is 4.68 Å². The van der Waals surface area contributed by atoms with Gasteiger partial charge in [0.25, 0.3) is 5.56 Å². The summed E-state index contributed by atoms with van der Waals surface area (Å²) in [5.74, 6) is 1.14. The third-order valence-electron chi connectivity index (χ3n) is 2.78. The third kappa shape index (κ3) is 2.84. The van der Waals surface area contributed by atoms with Gasteiger partial charge < -0.3 is 4.98 Å². The molecule has 3 aromatic rings. The van der Waals surface area contributed by atoms with Crippen LogP contribution in [-0.2, 0) is 11.3 Å². The molecule has 0 aliphatic rings. The first-order valence-corrected chi connectivity index (χ1v) is 8.20. The smallest absolute Gasteiger partial charge is 0.268 e. The van der Waals surface area contributed by atoms with Crippen LogP contribution in [0.25, 0.3) is 10.2 Å². The van der Waals surface area contributed by atoms with Gasteiger partial charge in [0.05, 0.1) is 16.8 Å². The number of fused-ring (bicyclic) bond motifs is 1. The Balaban J connectivity index is 1.84. The third-order valence-corrected chi connectivity index (χ3v) is 4.61. The molecule has 0 aliphatic heterocycles. The summed E-state index contributed by atoms with van der Waals surface area (Å²) in [6.45, 7) is 6.10. The highest BCUT2D eigenvalue weighted by Gasteiger charge is 2.20. The Morgan fingerprint density at radius 1 is 1.43 bits per heavy atom. The highest BCUT2D eigenvalue weighted by molar-refractivity contribution is 7.98. The minimum absolute atomic E-state index is 0.0963. The summed E-state index contributed by atoms with van der Waals surface area (Å²) in [4.78, 5) is 19.2. The fourth-order valence-electron chi connectivity index (χ4n) is 1.81. The van der Waals surface area contributed by atoms with Crippen LogP contribution in [0.3, 0.4) is 0 Å². The average Bonchev–Trinajstić information content (AvgIpc) is 3.04. The molecule has 0 unspecified atom stereocenters. The zero-order valence-electron chi connectivity index (χ0n) is 11.8. The summed E-state index contributed by atoms with van der Waals surface area (Å²) >= 11 is 2.85. The van der Waals surface area contributed by atoms with E-state index >= 15 is 0 Å². The number of rotatable bonds is 3. The van der Waals surface area contributed by atoms with Crippen LogP contribution >= 0.6 is 23.1 Å². The monoisotopic (exact) mass is 322 g/mol. The fourth-order valence-corrected chi connectivity index (χ4v) is 3.47. The standard InChI is InChI=1S/C12H14N6OS2/c1-12(2,3)18-11(15-16-17-18)21-6-8-13-7-4-5-20-9(7)10(19)14-8/h4-5H,6H2,1-3H3,(H,13,14,19). The minimum Gasteiger partial charge on any atom is -0.309 e. The molecule has 0 saturated heterocycles. The van der Waals surface area contributed by atoms with Gasteiger partial charge in [-0.1, -0.05) is 11.8 Å². The zero-order chi connectivity index (χ0) is 15.0. The van der Waals surface area contributed by atoms with E-state index < -0.39 is 0 Å². The molecule has 110 valence electrons. The second kappa shape index (κ2) is 5.23. The number of nitrogens with one attached hydrogen (secondary N) is 1. The molecule has 0 aliphatic carbocycles. The lowest BCUT2D eigenvalue weighted by atomic mass is 10.1. The molecule has 0 spiro atoms. The first-order chi connectivity index (χ1) is 9.95. The Hall–Kier alpha value is -1.74. The van der Waals surface area contributed by atoms with Gasteiger partial charge in [-0.15, -0.1) is 16.4 Å². The van der Waals surface area contributed by atoms with E-state index in [1.807, 2.05) is 32.2 Å². The van der Waals surface area contributed by atoms with Crippen molar-refractivity contribution in [3.63, 3.8) is 0 Å². The maximum atomic E-state index is 11.9. The van der Waals surface area contributed by atoms with Gasteiger partial charge in [0.2, 0.25) is 5.16 Å². The van der Waals surface area contributed by atoms with Crippen LogP contribution in [0.15, 0.2) is 21.4 Å². The quantitative estimate of drug-likeness (QED) is 0.742. The maximum Gasteiger partial charge on any atom is 0.268 e. The Labute approximate surface area is 128 Å². The van der Waals surface area contributed by atoms with Crippen molar-refractivity contribution in [2.24, 2.45) is 0 Å². The van der Waals surface area contributed by atoms with Gasteiger partial charge in [0, 0.05) is 0 Å². The second-order valence-electron chi connectivity index (χ2n) is 5.48. The molecular formula is C12H14N6OS2. The normalized spacial score (nSPS) is 12.1. The lowest BCUT2D eigenvalue weighted by Gasteiger charge is -2.19. The lowest BCUT2D eigenvalue weighted by molar-refractivity contribution is 0.321. The van der Waals surface area contributed by atoms with E-state index in [2.05, 4.69) is 25.5 Å². The minimum atomic E-state index is -0.190. The van der Waals surface area contributed by atoms with Crippen LogP contribution in [-0.4, -0.2) is 30.2 Å². The van der Waals surface area contributed by atoms with Crippen molar-refractivity contribution in [2.45, 2.75) is 37.2 Å². The molecule has 3 heterocycles. The van der Waals surface area contributed by atoms with Crippen LogP contribution < -0.4 is 5.56 Å². The van der Waals surface area contributed by atoms with Gasteiger partial charge in [-0.25, -0.2) is 9.67 Å². The molecule has 3 aromatic heterocycles. The van der Waals surface area contributed by atoms with Crippen molar-refractivity contribution >= 4 is 33.3 Å². The molecule has 0 bridgehead atoms. The largest absolute Gasteiger partial charge is 0.309 e. The summed E-state index contributed by atoms with van der Waals surface area (Å²) < 4.78 is 2.42. The molecule has 0 aromatic carbocycles. The number of nitrogens with zero attached hydrogens (tertiary/aromatic N) is 5. The molecular weight excluding hydrogens is 308 g/mol. The van der Waals surface area contributed by atoms with E-state index in [1.165, 1.54) is 23.1 Å². The summed E-state index contributed by atoms with van der Waals surface area (Å²) in [6, 6.07) is 1.85. The van der Waals surface area contributed by atoms with Crippen LogP contribution in [0.4, 0.5) is 0 Å². The Bertz CT molecular complexity index is 828. The van der Waals surface area contributed by atoms with Crippen molar-refractivity contribution in [3.05, 3.63) is 27.6 Å². The van der Waals surface area contributed by atoms with Crippen molar-refractivity contribution in [1.29, 1.82) is 0 Å². The van der Waals surface area contributed by atoms with Gasteiger partial charge in [0.1, 0.15) is 10.5 Å². The molecule has 0 saturated carbocycles. The first kappa shape index (κ1) is 14.2. The summed E-state index contributed by atoms with van der Waals surface area (Å²) in [5, 5.41) is 14.3. The lowest BCUT2D eigenvalue weighted by Crippen LogP contribution is -2.24. The fraction of sp³-hybridized carbons (Fsp3) is 0.417. The molecule has 0 radical (unpaired) electrons. The molecule has 3 rings (SSSR count). The number of aromatic nitrogens is 6. The summed E-state index contributed by atoms with van der Waals surface area (Å²) in [7, 11) is 0.